The number of carbonyl (C=O) groups excluding carboxylic acids is 1. The summed E-state index contributed by atoms with van der Waals surface area (Å²) in [5.41, 5.74) is 5.25. The highest BCUT2D eigenvalue weighted by Gasteiger charge is 2.46. The molecule has 0 spiro atoms. The first-order chi connectivity index (χ1) is 10.2. The third-order valence-electron chi connectivity index (χ3n) is 5.39. The Hall–Kier alpha value is -0.610. The lowest BCUT2D eigenvalue weighted by Gasteiger charge is -2.33. The van der Waals surface area contributed by atoms with Gasteiger partial charge in [0.1, 0.15) is 5.54 Å². The van der Waals surface area contributed by atoms with E-state index in [2.05, 4.69) is 12.2 Å². The maximum atomic E-state index is 12.0. The molecule has 0 heterocycles. The molecule has 0 aliphatic heterocycles. The van der Waals surface area contributed by atoms with Crippen molar-refractivity contribution >= 4 is 5.91 Å². The molecule has 2 atom stereocenters. The summed E-state index contributed by atoms with van der Waals surface area (Å²) < 4.78 is 5.88. The van der Waals surface area contributed by atoms with Crippen LogP contribution in [0.4, 0.5) is 0 Å². The van der Waals surface area contributed by atoms with Gasteiger partial charge in [0.25, 0.3) is 0 Å². The highest BCUT2D eigenvalue weighted by Crippen LogP contribution is 2.38. The minimum atomic E-state index is -0.479. The topological polar surface area (TPSA) is 64.3 Å². The molecular formula is C17H32N2O2. The third kappa shape index (κ3) is 4.19. The van der Waals surface area contributed by atoms with Crippen molar-refractivity contribution in [2.24, 2.45) is 17.6 Å². The maximum Gasteiger partial charge on any atom is 0.238 e. The van der Waals surface area contributed by atoms with E-state index in [1.807, 2.05) is 0 Å². The second kappa shape index (κ2) is 8.14. The predicted octanol–water partition coefficient (Wildman–Crippen LogP) is 2.61. The zero-order chi connectivity index (χ0) is 15.1. The molecule has 0 aromatic carbocycles. The summed E-state index contributed by atoms with van der Waals surface area (Å²) in [6.45, 7) is 4.65. The minimum Gasteiger partial charge on any atom is -0.381 e. The molecule has 2 saturated carbocycles. The zero-order valence-corrected chi connectivity index (χ0v) is 13.5. The van der Waals surface area contributed by atoms with Crippen LogP contribution in [-0.2, 0) is 9.53 Å². The molecule has 0 aromatic heterocycles. The number of hydrogen-bond acceptors (Lipinski definition) is 3. The van der Waals surface area contributed by atoms with Crippen LogP contribution < -0.4 is 11.1 Å². The molecule has 4 nitrogen and oxygen atoms in total. The molecule has 0 aromatic rings. The first-order valence-corrected chi connectivity index (χ1v) is 8.81. The average molecular weight is 296 g/mol. The summed E-state index contributed by atoms with van der Waals surface area (Å²) in [4.78, 5) is 12.0. The molecule has 0 bridgehead atoms. The van der Waals surface area contributed by atoms with Gasteiger partial charge in [0.2, 0.25) is 5.91 Å². The van der Waals surface area contributed by atoms with Crippen molar-refractivity contribution in [1.29, 1.82) is 0 Å². The van der Waals surface area contributed by atoms with Gasteiger partial charge in [-0.25, -0.2) is 0 Å². The summed E-state index contributed by atoms with van der Waals surface area (Å²) >= 11 is 0. The molecular weight excluding hydrogens is 264 g/mol. The van der Waals surface area contributed by atoms with Gasteiger partial charge in [-0.2, -0.15) is 0 Å². The number of carbonyl (C=O) groups is 1. The molecule has 2 rings (SSSR count). The summed E-state index contributed by atoms with van der Waals surface area (Å²) in [5.74, 6) is 0.937. The van der Waals surface area contributed by atoms with E-state index in [0.717, 1.165) is 57.8 Å². The molecule has 0 radical (unpaired) electrons. The molecule has 0 saturated heterocycles. The van der Waals surface area contributed by atoms with Crippen LogP contribution in [-0.4, -0.2) is 31.2 Å². The molecule has 21 heavy (non-hydrogen) atoms. The van der Waals surface area contributed by atoms with Crippen LogP contribution in [0.5, 0.6) is 0 Å². The van der Waals surface area contributed by atoms with Crippen molar-refractivity contribution in [3.63, 3.8) is 0 Å². The molecule has 1 amide bonds. The Labute approximate surface area is 129 Å². The Morgan fingerprint density at radius 3 is 2.71 bits per heavy atom. The normalized spacial score (nSPS) is 30.0. The molecule has 3 N–H and O–H groups in total. The third-order valence-corrected chi connectivity index (χ3v) is 5.39. The fraction of sp³-hybridized carbons (Fsp3) is 0.941. The van der Waals surface area contributed by atoms with Crippen LogP contribution in [0.2, 0.25) is 0 Å². The number of rotatable bonds is 9. The number of amides is 1. The van der Waals surface area contributed by atoms with Gasteiger partial charge in [-0.15, -0.1) is 0 Å². The van der Waals surface area contributed by atoms with Crippen LogP contribution in [0.15, 0.2) is 0 Å². The van der Waals surface area contributed by atoms with Gasteiger partial charge in [0, 0.05) is 13.2 Å². The highest BCUT2D eigenvalue weighted by molar-refractivity contribution is 5.85. The first-order valence-electron chi connectivity index (χ1n) is 8.81. The number of ether oxygens (including phenoxy) is 1. The molecule has 2 aliphatic rings. The number of hydrogen-bond donors (Lipinski definition) is 2. The lowest BCUT2D eigenvalue weighted by atomic mass is 9.84. The Kier molecular flexibility index (Phi) is 6.49. The average Bonchev–Trinajstić information content (AvgIpc) is 3.11. The van der Waals surface area contributed by atoms with Gasteiger partial charge in [0.05, 0.1) is 0 Å². The van der Waals surface area contributed by atoms with E-state index >= 15 is 0 Å². The van der Waals surface area contributed by atoms with Gasteiger partial charge in [-0.3, -0.25) is 4.79 Å². The first kappa shape index (κ1) is 16.8. The molecule has 2 fully saturated rings. The quantitative estimate of drug-likeness (QED) is 0.643. The molecule has 2 unspecified atom stereocenters. The van der Waals surface area contributed by atoms with Crippen molar-refractivity contribution in [2.45, 2.75) is 70.3 Å². The fourth-order valence-corrected chi connectivity index (χ4v) is 4.11. The minimum absolute atomic E-state index is 0.172. The van der Waals surface area contributed by atoms with Gasteiger partial charge < -0.3 is 15.8 Å². The summed E-state index contributed by atoms with van der Waals surface area (Å²) in [5, 5.41) is 3.45. The van der Waals surface area contributed by atoms with Crippen molar-refractivity contribution in [3.05, 3.63) is 0 Å². The van der Waals surface area contributed by atoms with Crippen molar-refractivity contribution in [2.75, 3.05) is 19.8 Å². The van der Waals surface area contributed by atoms with E-state index in [1.54, 1.807) is 0 Å². The Morgan fingerprint density at radius 2 is 2.05 bits per heavy atom. The van der Waals surface area contributed by atoms with E-state index in [-0.39, 0.29) is 5.91 Å². The smallest absolute Gasteiger partial charge is 0.238 e. The lowest BCUT2D eigenvalue weighted by Crippen LogP contribution is -2.58. The second-order valence-electron chi connectivity index (χ2n) is 6.87. The van der Waals surface area contributed by atoms with Crippen molar-refractivity contribution in [1.82, 2.24) is 5.32 Å². The summed E-state index contributed by atoms with van der Waals surface area (Å²) in [7, 11) is 0. The van der Waals surface area contributed by atoms with Crippen LogP contribution >= 0.6 is 0 Å². The van der Waals surface area contributed by atoms with Crippen LogP contribution in [0, 0.1) is 11.8 Å². The van der Waals surface area contributed by atoms with E-state index in [0.29, 0.717) is 5.92 Å². The molecule has 2 aliphatic carbocycles. The molecule has 122 valence electrons. The zero-order valence-electron chi connectivity index (χ0n) is 13.5. The Bertz CT molecular complexity index is 329. The van der Waals surface area contributed by atoms with Crippen LogP contribution in [0.3, 0.4) is 0 Å². The lowest BCUT2D eigenvalue weighted by molar-refractivity contribution is -0.126. The van der Waals surface area contributed by atoms with Gasteiger partial charge >= 0.3 is 0 Å². The SMILES string of the molecule is CCCNC1(C(N)=O)CCCC1CCOCC1CCCC1. The van der Waals surface area contributed by atoms with Crippen molar-refractivity contribution < 1.29 is 9.53 Å². The van der Waals surface area contributed by atoms with Crippen LogP contribution in [0.25, 0.3) is 0 Å². The van der Waals surface area contributed by atoms with Gasteiger partial charge in [0.15, 0.2) is 0 Å². The highest BCUT2D eigenvalue weighted by atomic mass is 16.5. The van der Waals surface area contributed by atoms with Gasteiger partial charge in [-0.1, -0.05) is 26.2 Å². The monoisotopic (exact) mass is 296 g/mol. The molecule has 4 heteroatoms. The standard InChI is InChI=1S/C17H32N2O2/c1-2-11-19-17(16(18)20)10-5-8-15(17)9-12-21-13-14-6-3-4-7-14/h14-15,19H,2-13H2,1H3,(H2,18,20). The maximum absolute atomic E-state index is 12.0. The summed E-state index contributed by atoms with van der Waals surface area (Å²) in [6, 6.07) is 0. The van der Waals surface area contributed by atoms with E-state index in [1.165, 1.54) is 25.7 Å². The van der Waals surface area contributed by atoms with Crippen molar-refractivity contribution in [3.8, 4) is 0 Å². The largest absolute Gasteiger partial charge is 0.381 e. The Morgan fingerprint density at radius 1 is 1.29 bits per heavy atom. The summed E-state index contributed by atoms with van der Waals surface area (Å²) in [6.07, 6.45) is 10.4. The van der Waals surface area contributed by atoms with Crippen LogP contribution in [0.1, 0.15) is 64.7 Å². The van der Waals surface area contributed by atoms with E-state index in [4.69, 9.17) is 10.5 Å². The number of nitrogens with one attached hydrogen (secondary N) is 1. The van der Waals surface area contributed by atoms with E-state index < -0.39 is 5.54 Å². The Balaban J connectivity index is 1.77. The van der Waals surface area contributed by atoms with E-state index in [9.17, 15) is 4.79 Å². The predicted molar refractivity (Wildman–Crippen MR) is 85.0 cm³/mol. The number of nitrogens with two attached hydrogens (primary N) is 1. The fourth-order valence-electron chi connectivity index (χ4n) is 4.11. The second-order valence-corrected chi connectivity index (χ2v) is 6.87. The van der Waals surface area contributed by atoms with Gasteiger partial charge in [-0.05, 0) is 56.9 Å². The number of primary amides is 1.